The number of ether oxygens (including phenoxy) is 2. The third kappa shape index (κ3) is 4.85. The lowest BCUT2D eigenvalue weighted by Crippen LogP contribution is -2.54. The largest absolute Gasteiger partial charge is 0.454 e. The predicted octanol–water partition coefficient (Wildman–Crippen LogP) is 2.65. The molecule has 1 saturated heterocycles. The van der Waals surface area contributed by atoms with Gasteiger partial charge in [0.05, 0.1) is 0 Å². The van der Waals surface area contributed by atoms with Gasteiger partial charge in [-0.25, -0.2) is 0 Å². The monoisotopic (exact) mass is 463 g/mol. The van der Waals surface area contributed by atoms with Crippen molar-refractivity contribution in [1.82, 2.24) is 15.5 Å². The molecule has 1 aliphatic carbocycles. The highest BCUT2D eigenvalue weighted by Gasteiger charge is 2.36. The number of carbonyl (C=O) groups excluding carboxylic acids is 3. The van der Waals surface area contributed by atoms with Crippen LogP contribution in [-0.2, 0) is 4.79 Å². The lowest BCUT2D eigenvalue weighted by Gasteiger charge is -2.36. The Balaban J connectivity index is 1.26. The number of aryl methyl sites for hydroxylation is 1. The Labute approximate surface area is 198 Å². The molecule has 1 unspecified atom stereocenters. The van der Waals surface area contributed by atoms with Crippen LogP contribution in [0, 0.1) is 12.8 Å². The zero-order valence-corrected chi connectivity index (χ0v) is 19.2. The summed E-state index contributed by atoms with van der Waals surface area (Å²) in [4.78, 5) is 40.9. The Bertz CT molecular complexity index is 1110. The van der Waals surface area contributed by atoms with Crippen molar-refractivity contribution in [2.24, 2.45) is 5.92 Å². The van der Waals surface area contributed by atoms with Crippen LogP contribution in [0.2, 0.25) is 0 Å². The highest BCUT2D eigenvalue weighted by molar-refractivity contribution is 5.98. The van der Waals surface area contributed by atoms with Crippen molar-refractivity contribution in [2.45, 2.75) is 44.7 Å². The first-order valence-electron chi connectivity index (χ1n) is 11.8. The molecule has 2 heterocycles. The Morgan fingerprint density at radius 2 is 1.71 bits per heavy atom. The molecule has 0 bridgehead atoms. The summed E-state index contributed by atoms with van der Waals surface area (Å²) in [5.74, 6) is 0.594. The summed E-state index contributed by atoms with van der Waals surface area (Å²) in [5.41, 5.74) is 2.14. The predicted molar refractivity (Wildman–Crippen MR) is 125 cm³/mol. The third-order valence-corrected chi connectivity index (χ3v) is 6.69. The maximum Gasteiger partial charge on any atom is 0.253 e. The number of nitrogens with one attached hydrogen (secondary N) is 2. The molecule has 2 fully saturated rings. The van der Waals surface area contributed by atoms with Crippen LogP contribution in [0.1, 0.15) is 52.0 Å². The van der Waals surface area contributed by atoms with Crippen LogP contribution < -0.4 is 20.1 Å². The Kier molecular flexibility index (Phi) is 6.13. The first-order valence-corrected chi connectivity index (χ1v) is 11.8. The smallest absolute Gasteiger partial charge is 0.253 e. The van der Waals surface area contributed by atoms with Gasteiger partial charge in [0, 0.05) is 30.3 Å². The first kappa shape index (κ1) is 22.3. The van der Waals surface area contributed by atoms with E-state index >= 15 is 0 Å². The van der Waals surface area contributed by atoms with E-state index in [2.05, 4.69) is 10.6 Å². The molecule has 2 aromatic carbocycles. The van der Waals surface area contributed by atoms with Crippen molar-refractivity contribution in [1.29, 1.82) is 0 Å². The van der Waals surface area contributed by atoms with E-state index in [4.69, 9.17) is 9.47 Å². The number of likely N-dealkylation sites (tertiary alicyclic amines) is 1. The van der Waals surface area contributed by atoms with Crippen LogP contribution in [0.25, 0.3) is 0 Å². The van der Waals surface area contributed by atoms with E-state index in [9.17, 15) is 14.4 Å². The number of hydrogen-bond donors (Lipinski definition) is 2. The SMILES string of the molecule is Cc1cccc(C(=O)N2CCC(C(NC(=O)c3ccc4c(c3)OCO4)C(=O)NC3CC3)CC2)c1. The van der Waals surface area contributed by atoms with Crippen LogP contribution in [0.3, 0.4) is 0 Å². The summed E-state index contributed by atoms with van der Waals surface area (Å²) in [6, 6.07) is 12.1. The minimum absolute atomic E-state index is 0.00512. The van der Waals surface area contributed by atoms with E-state index in [0.29, 0.717) is 48.6 Å². The number of piperidine rings is 1. The van der Waals surface area contributed by atoms with Crippen molar-refractivity contribution in [3.8, 4) is 11.5 Å². The molecule has 0 aromatic heterocycles. The second-order valence-corrected chi connectivity index (χ2v) is 9.30. The number of hydrogen-bond acceptors (Lipinski definition) is 5. The highest BCUT2D eigenvalue weighted by Crippen LogP contribution is 2.32. The molecule has 0 spiro atoms. The summed E-state index contributed by atoms with van der Waals surface area (Å²) in [7, 11) is 0. The highest BCUT2D eigenvalue weighted by atomic mass is 16.7. The van der Waals surface area contributed by atoms with Gasteiger partial charge in [-0.3, -0.25) is 14.4 Å². The van der Waals surface area contributed by atoms with Gasteiger partial charge in [-0.05, 0) is 68.9 Å². The van der Waals surface area contributed by atoms with Gasteiger partial charge in [-0.1, -0.05) is 17.7 Å². The van der Waals surface area contributed by atoms with Gasteiger partial charge < -0.3 is 25.0 Å². The summed E-state index contributed by atoms with van der Waals surface area (Å²) >= 11 is 0. The maximum absolute atomic E-state index is 13.1. The molecule has 8 heteroatoms. The summed E-state index contributed by atoms with van der Waals surface area (Å²) in [6.07, 6.45) is 3.22. The van der Waals surface area contributed by atoms with Crippen LogP contribution in [0.4, 0.5) is 0 Å². The molecule has 34 heavy (non-hydrogen) atoms. The minimum Gasteiger partial charge on any atom is -0.454 e. The average Bonchev–Trinajstić information content (AvgIpc) is 3.54. The second kappa shape index (κ2) is 9.37. The van der Waals surface area contributed by atoms with Gasteiger partial charge >= 0.3 is 0 Å². The normalized spacial score (nSPS) is 18.3. The molecule has 2 aromatic rings. The van der Waals surface area contributed by atoms with Gasteiger partial charge in [0.2, 0.25) is 12.7 Å². The van der Waals surface area contributed by atoms with Gasteiger partial charge in [0.25, 0.3) is 11.8 Å². The number of carbonyl (C=O) groups is 3. The molecule has 3 aliphatic rings. The van der Waals surface area contributed by atoms with Crippen LogP contribution in [0.5, 0.6) is 11.5 Å². The second-order valence-electron chi connectivity index (χ2n) is 9.30. The molecule has 1 atom stereocenters. The quantitative estimate of drug-likeness (QED) is 0.687. The molecule has 8 nitrogen and oxygen atoms in total. The van der Waals surface area contributed by atoms with Crippen LogP contribution >= 0.6 is 0 Å². The fraction of sp³-hybridized carbons (Fsp3) is 0.423. The molecule has 0 radical (unpaired) electrons. The van der Waals surface area contributed by atoms with Crippen molar-refractivity contribution < 1.29 is 23.9 Å². The van der Waals surface area contributed by atoms with Crippen molar-refractivity contribution in [3.63, 3.8) is 0 Å². The van der Waals surface area contributed by atoms with Gasteiger partial charge in [0.15, 0.2) is 11.5 Å². The molecule has 2 N–H and O–H groups in total. The lowest BCUT2D eigenvalue weighted by atomic mass is 9.88. The van der Waals surface area contributed by atoms with Gasteiger partial charge in [-0.2, -0.15) is 0 Å². The lowest BCUT2D eigenvalue weighted by molar-refractivity contribution is -0.124. The third-order valence-electron chi connectivity index (χ3n) is 6.69. The fourth-order valence-electron chi connectivity index (χ4n) is 4.58. The number of amides is 3. The Morgan fingerprint density at radius 3 is 2.44 bits per heavy atom. The molecule has 3 amide bonds. The van der Waals surface area contributed by atoms with Gasteiger partial charge in [-0.15, -0.1) is 0 Å². The topological polar surface area (TPSA) is 97.0 Å². The molecule has 178 valence electrons. The molecule has 1 saturated carbocycles. The van der Waals surface area contributed by atoms with E-state index < -0.39 is 6.04 Å². The molecule has 5 rings (SSSR count). The van der Waals surface area contributed by atoms with Crippen molar-refractivity contribution in [3.05, 3.63) is 59.2 Å². The molecule has 2 aliphatic heterocycles. The standard InChI is InChI=1S/C26H29N3O5/c1-16-3-2-4-19(13-16)26(32)29-11-9-17(10-12-29)23(25(31)27-20-6-7-20)28-24(30)18-5-8-21-22(14-18)34-15-33-21/h2-5,8,13-14,17,20,23H,6-7,9-12,15H2,1H3,(H,27,31)(H,28,30). The Morgan fingerprint density at radius 1 is 0.941 bits per heavy atom. The molecular weight excluding hydrogens is 434 g/mol. The fourth-order valence-corrected chi connectivity index (χ4v) is 4.58. The van der Waals surface area contributed by atoms with E-state index in [1.807, 2.05) is 36.1 Å². The summed E-state index contributed by atoms with van der Waals surface area (Å²) in [6.45, 7) is 3.19. The zero-order valence-electron chi connectivity index (χ0n) is 19.2. The number of fused-ring (bicyclic) bond motifs is 1. The zero-order chi connectivity index (χ0) is 23.7. The van der Waals surface area contributed by atoms with Crippen molar-refractivity contribution in [2.75, 3.05) is 19.9 Å². The van der Waals surface area contributed by atoms with E-state index in [1.165, 1.54) is 0 Å². The summed E-state index contributed by atoms with van der Waals surface area (Å²) < 4.78 is 10.7. The number of nitrogens with zero attached hydrogens (tertiary/aromatic N) is 1. The van der Waals surface area contributed by atoms with Crippen LogP contribution in [-0.4, -0.2) is 54.6 Å². The number of benzene rings is 2. The van der Waals surface area contributed by atoms with Crippen LogP contribution in [0.15, 0.2) is 42.5 Å². The van der Waals surface area contributed by atoms with E-state index in [1.54, 1.807) is 18.2 Å². The van der Waals surface area contributed by atoms with Crippen molar-refractivity contribution >= 4 is 17.7 Å². The number of rotatable bonds is 6. The van der Waals surface area contributed by atoms with E-state index in [-0.39, 0.29) is 36.5 Å². The van der Waals surface area contributed by atoms with E-state index in [0.717, 1.165) is 18.4 Å². The minimum atomic E-state index is -0.658. The first-order chi connectivity index (χ1) is 16.5. The average molecular weight is 464 g/mol. The Hall–Kier alpha value is -3.55. The molecular formula is C26H29N3O5. The van der Waals surface area contributed by atoms with Gasteiger partial charge in [0.1, 0.15) is 6.04 Å². The maximum atomic E-state index is 13.1. The summed E-state index contributed by atoms with van der Waals surface area (Å²) in [5, 5.41) is 6.00.